The third-order valence-corrected chi connectivity index (χ3v) is 3.93. The molecule has 2 rings (SSSR count). The van der Waals surface area contributed by atoms with Crippen LogP contribution in [0.3, 0.4) is 0 Å². The number of ether oxygens (including phenoxy) is 1. The molecule has 0 saturated carbocycles. The van der Waals surface area contributed by atoms with Gasteiger partial charge in [0.1, 0.15) is 6.42 Å². The average Bonchev–Trinajstić information content (AvgIpc) is 2.58. The monoisotopic (exact) mass is 380 g/mol. The largest absolute Gasteiger partial charge is 0.465 e. The van der Waals surface area contributed by atoms with E-state index in [-0.39, 0.29) is 10.6 Å². The maximum absolute atomic E-state index is 12.0. The van der Waals surface area contributed by atoms with Crippen molar-refractivity contribution < 1.29 is 19.1 Å². The molecule has 0 aliphatic carbocycles. The second-order valence-corrected chi connectivity index (χ2v) is 5.73. The highest BCUT2D eigenvalue weighted by Gasteiger charge is 2.13. The van der Waals surface area contributed by atoms with E-state index < -0.39 is 24.2 Å². The molecule has 0 aromatic heterocycles. The molecule has 0 atom stereocenters. The average molecular weight is 381 g/mol. The second kappa shape index (κ2) is 8.50. The van der Waals surface area contributed by atoms with Crippen molar-refractivity contribution in [3.63, 3.8) is 0 Å². The number of halogens is 2. The Morgan fingerprint density at radius 2 is 1.68 bits per heavy atom. The quantitative estimate of drug-likeness (QED) is 0.610. The van der Waals surface area contributed by atoms with E-state index in [1.165, 1.54) is 13.2 Å². The van der Waals surface area contributed by atoms with Gasteiger partial charge in [0.15, 0.2) is 0 Å². The van der Waals surface area contributed by atoms with E-state index in [9.17, 15) is 14.4 Å². The number of anilines is 2. The standard InChI is InChI=1S/C17H14Cl2N2O4/c1-25-17(24)10-4-2-5-11(8-10)20-14(22)9-15(23)21-13-7-3-6-12(18)16(13)19/h2-8H,9H2,1H3,(H,20,22)(H,21,23). The highest BCUT2D eigenvalue weighted by molar-refractivity contribution is 6.44. The number of carbonyl (C=O) groups excluding carboxylic acids is 3. The summed E-state index contributed by atoms with van der Waals surface area (Å²) in [6.45, 7) is 0. The van der Waals surface area contributed by atoms with Crippen LogP contribution in [0.15, 0.2) is 42.5 Å². The molecular weight excluding hydrogens is 367 g/mol. The number of benzene rings is 2. The van der Waals surface area contributed by atoms with Gasteiger partial charge in [-0.05, 0) is 30.3 Å². The zero-order chi connectivity index (χ0) is 18.4. The summed E-state index contributed by atoms with van der Waals surface area (Å²) in [7, 11) is 1.26. The zero-order valence-corrected chi connectivity index (χ0v) is 14.6. The summed E-state index contributed by atoms with van der Waals surface area (Å²) in [6.07, 6.45) is -0.425. The lowest BCUT2D eigenvalue weighted by Gasteiger charge is -2.09. The molecule has 130 valence electrons. The number of methoxy groups -OCH3 is 1. The van der Waals surface area contributed by atoms with Crippen LogP contribution in [0, 0.1) is 0 Å². The van der Waals surface area contributed by atoms with Gasteiger partial charge in [-0.15, -0.1) is 0 Å². The van der Waals surface area contributed by atoms with Gasteiger partial charge in [-0.1, -0.05) is 35.3 Å². The summed E-state index contributed by atoms with van der Waals surface area (Å²) < 4.78 is 4.61. The van der Waals surface area contributed by atoms with Gasteiger partial charge in [-0.2, -0.15) is 0 Å². The van der Waals surface area contributed by atoms with Gasteiger partial charge >= 0.3 is 5.97 Å². The van der Waals surface area contributed by atoms with Crippen LogP contribution in [0.2, 0.25) is 10.0 Å². The Bertz CT molecular complexity index is 824. The lowest BCUT2D eigenvalue weighted by atomic mass is 10.2. The normalized spacial score (nSPS) is 10.0. The Hall–Kier alpha value is -2.57. The molecular formula is C17H14Cl2N2O4. The van der Waals surface area contributed by atoms with E-state index in [1.807, 2.05) is 0 Å². The van der Waals surface area contributed by atoms with E-state index in [1.54, 1.807) is 36.4 Å². The number of hydrogen-bond donors (Lipinski definition) is 2. The number of amides is 2. The highest BCUT2D eigenvalue weighted by atomic mass is 35.5. The maximum atomic E-state index is 12.0. The Labute approximate surface area is 154 Å². The van der Waals surface area contributed by atoms with Gasteiger partial charge in [-0.3, -0.25) is 9.59 Å². The Balaban J connectivity index is 1.97. The molecule has 2 aromatic carbocycles. The predicted octanol–water partition coefficient (Wildman–Crippen LogP) is 3.75. The van der Waals surface area contributed by atoms with Crippen molar-refractivity contribution in [1.29, 1.82) is 0 Å². The second-order valence-electron chi connectivity index (χ2n) is 4.95. The molecule has 2 amide bonds. The smallest absolute Gasteiger partial charge is 0.337 e. The van der Waals surface area contributed by atoms with E-state index in [0.717, 1.165) is 0 Å². The van der Waals surface area contributed by atoms with Crippen LogP contribution in [-0.4, -0.2) is 24.9 Å². The fourth-order valence-corrected chi connectivity index (χ4v) is 2.34. The van der Waals surface area contributed by atoms with Gasteiger partial charge in [0, 0.05) is 5.69 Å². The Kier molecular flexibility index (Phi) is 6.38. The number of hydrogen-bond acceptors (Lipinski definition) is 4. The van der Waals surface area contributed by atoms with E-state index in [2.05, 4.69) is 15.4 Å². The van der Waals surface area contributed by atoms with Gasteiger partial charge in [0.2, 0.25) is 11.8 Å². The first-order chi connectivity index (χ1) is 11.9. The van der Waals surface area contributed by atoms with E-state index in [4.69, 9.17) is 23.2 Å². The molecule has 2 N–H and O–H groups in total. The molecule has 0 heterocycles. The Morgan fingerprint density at radius 3 is 2.40 bits per heavy atom. The van der Waals surface area contributed by atoms with E-state index >= 15 is 0 Å². The van der Waals surface area contributed by atoms with Crippen LogP contribution >= 0.6 is 23.2 Å². The molecule has 0 saturated heterocycles. The van der Waals surface area contributed by atoms with Gasteiger partial charge in [0.05, 0.1) is 28.4 Å². The predicted molar refractivity (Wildman–Crippen MR) is 96.1 cm³/mol. The van der Waals surface area contributed by atoms with Crippen molar-refractivity contribution in [2.45, 2.75) is 6.42 Å². The molecule has 0 aliphatic heterocycles. The van der Waals surface area contributed by atoms with Gasteiger partial charge in [-0.25, -0.2) is 4.79 Å². The fraction of sp³-hybridized carbons (Fsp3) is 0.118. The van der Waals surface area contributed by atoms with E-state index in [0.29, 0.717) is 16.4 Å². The van der Waals surface area contributed by atoms with Crippen LogP contribution in [0.25, 0.3) is 0 Å². The summed E-state index contributed by atoms with van der Waals surface area (Å²) >= 11 is 11.8. The summed E-state index contributed by atoms with van der Waals surface area (Å²) in [6, 6.07) is 11.0. The Morgan fingerprint density at radius 1 is 1.00 bits per heavy atom. The molecule has 0 fully saturated rings. The van der Waals surface area contributed by atoms with Crippen molar-refractivity contribution in [3.8, 4) is 0 Å². The minimum atomic E-state index is -0.550. The third-order valence-electron chi connectivity index (χ3n) is 3.11. The van der Waals surface area contributed by atoms with Crippen LogP contribution in [0.5, 0.6) is 0 Å². The molecule has 0 aliphatic rings. The first-order valence-electron chi connectivity index (χ1n) is 7.13. The summed E-state index contributed by atoms with van der Waals surface area (Å²) in [5, 5.41) is 5.55. The SMILES string of the molecule is COC(=O)c1cccc(NC(=O)CC(=O)Nc2cccc(Cl)c2Cl)c1. The topological polar surface area (TPSA) is 84.5 Å². The molecule has 0 bridgehead atoms. The van der Waals surface area contributed by atoms with Gasteiger partial charge in [0.25, 0.3) is 0 Å². The highest BCUT2D eigenvalue weighted by Crippen LogP contribution is 2.29. The molecule has 0 spiro atoms. The summed E-state index contributed by atoms with van der Waals surface area (Å²) in [5.74, 6) is -1.62. The van der Waals surface area contributed by atoms with Crippen molar-refractivity contribution in [1.82, 2.24) is 0 Å². The molecule has 0 radical (unpaired) electrons. The number of carbonyl (C=O) groups is 3. The van der Waals surface area contributed by atoms with Crippen molar-refractivity contribution >= 4 is 52.4 Å². The first kappa shape index (κ1) is 18.8. The fourth-order valence-electron chi connectivity index (χ4n) is 1.99. The number of esters is 1. The maximum Gasteiger partial charge on any atom is 0.337 e. The molecule has 0 unspecified atom stereocenters. The van der Waals surface area contributed by atoms with Crippen molar-refractivity contribution in [2.75, 3.05) is 17.7 Å². The van der Waals surface area contributed by atoms with Crippen LogP contribution in [-0.2, 0) is 14.3 Å². The molecule has 25 heavy (non-hydrogen) atoms. The summed E-state index contributed by atoms with van der Waals surface area (Å²) in [5.41, 5.74) is 0.983. The minimum absolute atomic E-state index is 0.198. The van der Waals surface area contributed by atoms with Crippen LogP contribution in [0.4, 0.5) is 11.4 Å². The van der Waals surface area contributed by atoms with Crippen LogP contribution in [0.1, 0.15) is 16.8 Å². The minimum Gasteiger partial charge on any atom is -0.465 e. The van der Waals surface area contributed by atoms with Crippen molar-refractivity contribution in [3.05, 3.63) is 58.1 Å². The van der Waals surface area contributed by atoms with Crippen molar-refractivity contribution in [2.24, 2.45) is 0 Å². The molecule has 2 aromatic rings. The molecule has 8 heteroatoms. The van der Waals surface area contributed by atoms with Crippen LogP contribution < -0.4 is 10.6 Å². The number of nitrogens with one attached hydrogen (secondary N) is 2. The first-order valence-corrected chi connectivity index (χ1v) is 7.88. The summed E-state index contributed by atoms with van der Waals surface area (Å²) in [4.78, 5) is 35.4. The molecule has 6 nitrogen and oxygen atoms in total. The van der Waals surface area contributed by atoms with Gasteiger partial charge < -0.3 is 15.4 Å². The lowest BCUT2D eigenvalue weighted by Crippen LogP contribution is -2.21. The lowest BCUT2D eigenvalue weighted by molar-refractivity contribution is -0.123. The third kappa shape index (κ3) is 5.20. The number of rotatable bonds is 5. The zero-order valence-electron chi connectivity index (χ0n) is 13.1.